The normalized spacial score (nSPS) is 11.5. The van der Waals surface area contributed by atoms with E-state index in [-0.39, 0.29) is 0 Å². The topological polar surface area (TPSA) is 44.6 Å². The summed E-state index contributed by atoms with van der Waals surface area (Å²) >= 11 is 0. The lowest BCUT2D eigenvalue weighted by Gasteiger charge is -2.10. The van der Waals surface area contributed by atoms with Crippen LogP contribution >= 0.6 is 0 Å². The standard InChI is InChI=1S/C6H15N.C4H9NO/c1-5(2)7-6(3)4;1-3-4(2)5-6/h5-7H,1-4H3;6H,3H2,1-2H3. The maximum Gasteiger partial charge on any atom is 0.0537 e. The Kier molecular flexibility index (Phi) is 10.9. The molecule has 3 heteroatoms. The number of nitrogens with zero attached hydrogens (tertiary/aromatic N) is 1. The largest absolute Gasteiger partial charge is 0.411 e. The molecule has 0 spiro atoms. The molecule has 0 aromatic rings. The van der Waals surface area contributed by atoms with Gasteiger partial charge >= 0.3 is 0 Å². The van der Waals surface area contributed by atoms with Crippen LogP contribution in [0.15, 0.2) is 5.16 Å². The zero-order valence-electron chi connectivity index (χ0n) is 9.76. The highest BCUT2D eigenvalue weighted by Gasteiger charge is 1.92. The molecule has 80 valence electrons. The molecule has 0 saturated carbocycles. The Morgan fingerprint density at radius 3 is 1.62 bits per heavy atom. The molecule has 0 fully saturated rings. The van der Waals surface area contributed by atoms with Crippen molar-refractivity contribution < 1.29 is 5.21 Å². The Balaban J connectivity index is 0. The Hall–Kier alpha value is -0.570. The van der Waals surface area contributed by atoms with Crippen molar-refractivity contribution in [1.82, 2.24) is 5.32 Å². The lowest BCUT2D eigenvalue weighted by atomic mass is 10.3. The smallest absolute Gasteiger partial charge is 0.0537 e. The van der Waals surface area contributed by atoms with Gasteiger partial charge in [-0.3, -0.25) is 0 Å². The second kappa shape index (κ2) is 9.52. The number of nitrogens with one attached hydrogen (secondary N) is 1. The van der Waals surface area contributed by atoms with Crippen LogP contribution in [-0.2, 0) is 0 Å². The minimum Gasteiger partial charge on any atom is -0.411 e. The van der Waals surface area contributed by atoms with Crippen LogP contribution in [0.3, 0.4) is 0 Å². The van der Waals surface area contributed by atoms with Gasteiger partial charge in [0.25, 0.3) is 0 Å². The maximum atomic E-state index is 7.92. The quantitative estimate of drug-likeness (QED) is 0.406. The summed E-state index contributed by atoms with van der Waals surface area (Å²) in [5.41, 5.74) is 0.773. The molecule has 0 rings (SSSR count). The van der Waals surface area contributed by atoms with E-state index in [0.29, 0.717) is 12.1 Å². The third-order valence-corrected chi connectivity index (χ3v) is 1.35. The van der Waals surface area contributed by atoms with E-state index < -0.39 is 0 Å². The van der Waals surface area contributed by atoms with Crippen molar-refractivity contribution in [3.63, 3.8) is 0 Å². The van der Waals surface area contributed by atoms with Gasteiger partial charge in [-0.1, -0.05) is 39.8 Å². The number of oxime groups is 1. The highest BCUT2D eigenvalue weighted by molar-refractivity contribution is 5.80. The lowest BCUT2D eigenvalue weighted by Crippen LogP contribution is -2.29. The molecule has 0 heterocycles. The SMILES string of the molecule is CC(C)NC(C)C.CCC(C)=NO. The summed E-state index contributed by atoms with van der Waals surface area (Å²) in [4.78, 5) is 0. The molecule has 0 atom stereocenters. The Bertz CT molecular complexity index is 125. The minimum atomic E-state index is 0.625. The second-order valence-electron chi connectivity index (χ2n) is 3.66. The summed E-state index contributed by atoms with van der Waals surface area (Å²) in [7, 11) is 0. The van der Waals surface area contributed by atoms with Gasteiger partial charge in [0.15, 0.2) is 0 Å². The molecule has 0 saturated heterocycles. The fourth-order valence-electron chi connectivity index (χ4n) is 0.737. The summed E-state index contributed by atoms with van der Waals surface area (Å²) in [6, 6.07) is 1.25. The van der Waals surface area contributed by atoms with Crippen molar-refractivity contribution in [2.75, 3.05) is 0 Å². The molecule has 0 aliphatic rings. The molecule has 0 amide bonds. The van der Waals surface area contributed by atoms with E-state index >= 15 is 0 Å². The van der Waals surface area contributed by atoms with Gasteiger partial charge in [-0.05, 0) is 13.3 Å². The van der Waals surface area contributed by atoms with Crippen molar-refractivity contribution in [2.24, 2.45) is 5.16 Å². The summed E-state index contributed by atoms with van der Waals surface area (Å²) in [6.45, 7) is 12.3. The summed E-state index contributed by atoms with van der Waals surface area (Å²) in [5.74, 6) is 0. The van der Waals surface area contributed by atoms with Gasteiger partial charge in [0, 0.05) is 12.1 Å². The van der Waals surface area contributed by atoms with Crippen molar-refractivity contribution in [3.8, 4) is 0 Å². The highest BCUT2D eigenvalue weighted by atomic mass is 16.4. The fourth-order valence-corrected chi connectivity index (χ4v) is 0.737. The molecule has 13 heavy (non-hydrogen) atoms. The average molecular weight is 188 g/mol. The molecular formula is C10H24N2O. The van der Waals surface area contributed by atoms with E-state index in [9.17, 15) is 0 Å². The molecule has 2 N–H and O–H groups in total. The van der Waals surface area contributed by atoms with Crippen LogP contribution in [0.4, 0.5) is 0 Å². The molecule has 0 aromatic heterocycles. The predicted octanol–water partition coefficient (Wildman–Crippen LogP) is 2.64. The van der Waals surface area contributed by atoms with Gasteiger partial charge in [-0.15, -0.1) is 0 Å². The Morgan fingerprint density at radius 1 is 1.23 bits per heavy atom. The first-order valence-electron chi connectivity index (χ1n) is 4.87. The van der Waals surface area contributed by atoms with Crippen molar-refractivity contribution in [3.05, 3.63) is 0 Å². The molecule has 0 unspecified atom stereocenters. The van der Waals surface area contributed by atoms with Gasteiger partial charge < -0.3 is 10.5 Å². The third-order valence-electron chi connectivity index (χ3n) is 1.35. The number of hydrogen-bond acceptors (Lipinski definition) is 3. The van der Waals surface area contributed by atoms with Crippen molar-refractivity contribution >= 4 is 5.71 Å². The molecule has 0 aliphatic carbocycles. The number of rotatable bonds is 3. The van der Waals surface area contributed by atoms with E-state index in [0.717, 1.165) is 12.1 Å². The summed E-state index contributed by atoms with van der Waals surface area (Å²) in [5, 5.41) is 14.2. The van der Waals surface area contributed by atoms with Crippen molar-refractivity contribution in [1.29, 1.82) is 0 Å². The second-order valence-corrected chi connectivity index (χ2v) is 3.66. The van der Waals surface area contributed by atoms with E-state index in [1.807, 2.05) is 6.92 Å². The zero-order chi connectivity index (χ0) is 10.9. The highest BCUT2D eigenvalue weighted by Crippen LogP contribution is 1.80. The number of hydrogen-bond donors (Lipinski definition) is 2. The predicted molar refractivity (Wildman–Crippen MR) is 58.6 cm³/mol. The van der Waals surface area contributed by atoms with Crippen LogP contribution in [0.5, 0.6) is 0 Å². The van der Waals surface area contributed by atoms with Crippen molar-refractivity contribution in [2.45, 2.75) is 60.0 Å². The van der Waals surface area contributed by atoms with Gasteiger partial charge in [-0.2, -0.15) is 0 Å². The van der Waals surface area contributed by atoms with Crippen LogP contribution in [0.2, 0.25) is 0 Å². The van der Waals surface area contributed by atoms with Gasteiger partial charge in [0.05, 0.1) is 5.71 Å². The van der Waals surface area contributed by atoms with Gasteiger partial charge in [0.2, 0.25) is 0 Å². The molecular weight excluding hydrogens is 164 g/mol. The van der Waals surface area contributed by atoms with E-state index in [2.05, 4.69) is 38.2 Å². The molecule has 0 bridgehead atoms. The molecule has 0 radical (unpaired) electrons. The van der Waals surface area contributed by atoms with E-state index in [4.69, 9.17) is 5.21 Å². The first-order valence-corrected chi connectivity index (χ1v) is 4.87. The van der Waals surface area contributed by atoms with Crippen LogP contribution in [0.25, 0.3) is 0 Å². The summed E-state index contributed by atoms with van der Waals surface area (Å²) in [6.07, 6.45) is 0.830. The maximum absolute atomic E-state index is 7.92. The minimum absolute atomic E-state index is 0.625. The van der Waals surface area contributed by atoms with Crippen LogP contribution < -0.4 is 5.32 Å². The van der Waals surface area contributed by atoms with Gasteiger partial charge in [0.1, 0.15) is 0 Å². The molecule has 3 nitrogen and oxygen atoms in total. The van der Waals surface area contributed by atoms with E-state index in [1.54, 1.807) is 6.92 Å². The van der Waals surface area contributed by atoms with Crippen LogP contribution in [-0.4, -0.2) is 23.0 Å². The lowest BCUT2D eigenvalue weighted by molar-refractivity contribution is 0.317. The average Bonchev–Trinajstić information content (AvgIpc) is 2.01. The van der Waals surface area contributed by atoms with Crippen LogP contribution in [0.1, 0.15) is 48.0 Å². The van der Waals surface area contributed by atoms with Crippen LogP contribution in [0, 0.1) is 0 Å². The summed E-state index contributed by atoms with van der Waals surface area (Å²) < 4.78 is 0. The van der Waals surface area contributed by atoms with E-state index in [1.165, 1.54) is 0 Å². The van der Waals surface area contributed by atoms with Gasteiger partial charge in [-0.25, -0.2) is 0 Å². The third kappa shape index (κ3) is 18.4. The zero-order valence-corrected chi connectivity index (χ0v) is 9.76. The molecule has 0 aromatic carbocycles. The molecule has 0 aliphatic heterocycles. The first kappa shape index (κ1) is 14.9. The monoisotopic (exact) mass is 188 g/mol. The fraction of sp³-hybridized carbons (Fsp3) is 0.900. The Morgan fingerprint density at radius 2 is 1.62 bits per heavy atom. The first-order chi connectivity index (χ1) is 5.93. The Labute approximate surface area is 82.2 Å².